The smallest absolute Gasteiger partial charge is 0.306 e. The molecule has 0 aromatic carbocycles. The van der Waals surface area contributed by atoms with E-state index in [1.165, 1.54) is 0 Å². The Morgan fingerprint density at radius 2 is 2.45 bits per heavy atom. The molecule has 1 aliphatic rings. The van der Waals surface area contributed by atoms with Crippen LogP contribution in [0, 0.1) is 11.3 Å². The summed E-state index contributed by atoms with van der Waals surface area (Å²) < 4.78 is 0. The van der Waals surface area contributed by atoms with Crippen LogP contribution in [0.25, 0.3) is 0 Å². The summed E-state index contributed by atoms with van der Waals surface area (Å²) in [6.07, 6.45) is 2.50. The molecule has 0 bridgehead atoms. The Kier molecular flexibility index (Phi) is 2.18. The number of carbonyl (C=O) groups is 1. The fourth-order valence-electron chi connectivity index (χ4n) is 1.72. The quantitative estimate of drug-likeness (QED) is 0.624. The molecule has 64 valence electrons. The van der Waals surface area contributed by atoms with E-state index < -0.39 is 5.97 Å². The average Bonchev–Trinajstić information content (AvgIpc) is 2.33. The van der Waals surface area contributed by atoms with Gasteiger partial charge >= 0.3 is 5.97 Å². The van der Waals surface area contributed by atoms with Gasteiger partial charge in [-0.05, 0) is 31.2 Å². The molecule has 0 amide bonds. The van der Waals surface area contributed by atoms with Crippen LogP contribution in [0.1, 0.15) is 26.2 Å². The third-order valence-corrected chi connectivity index (χ3v) is 2.68. The second kappa shape index (κ2) is 2.81. The molecule has 1 rings (SSSR count). The molecular formula is C8H15NO2. The van der Waals surface area contributed by atoms with Gasteiger partial charge in [-0.3, -0.25) is 4.79 Å². The number of carboxylic acids is 1. The van der Waals surface area contributed by atoms with Crippen LogP contribution in [-0.4, -0.2) is 17.6 Å². The zero-order chi connectivity index (χ0) is 8.48. The first-order chi connectivity index (χ1) is 5.07. The molecule has 2 unspecified atom stereocenters. The third kappa shape index (κ3) is 1.71. The van der Waals surface area contributed by atoms with E-state index in [0.29, 0.717) is 6.54 Å². The van der Waals surface area contributed by atoms with E-state index in [1.54, 1.807) is 0 Å². The van der Waals surface area contributed by atoms with Gasteiger partial charge in [0.1, 0.15) is 0 Å². The lowest BCUT2D eigenvalue weighted by Gasteiger charge is -2.20. The molecule has 0 saturated heterocycles. The summed E-state index contributed by atoms with van der Waals surface area (Å²) in [6, 6.07) is 0. The van der Waals surface area contributed by atoms with Gasteiger partial charge in [-0.1, -0.05) is 6.92 Å². The lowest BCUT2D eigenvalue weighted by molar-refractivity contribution is -0.141. The normalized spacial score (nSPS) is 37.5. The number of carboxylic acid groups (broad SMARTS) is 1. The van der Waals surface area contributed by atoms with Crippen LogP contribution in [0.3, 0.4) is 0 Å². The van der Waals surface area contributed by atoms with E-state index in [-0.39, 0.29) is 11.3 Å². The van der Waals surface area contributed by atoms with Crippen molar-refractivity contribution in [1.82, 2.24) is 0 Å². The molecule has 0 aromatic rings. The van der Waals surface area contributed by atoms with E-state index in [1.807, 2.05) is 0 Å². The third-order valence-electron chi connectivity index (χ3n) is 2.68. The molecular weight excluding hydrogens is 142 g/mol. The Balaban J connectivity index is 2.53. The van der Waals surface area contributed by atoms with E-state index in [0.717, 1.165) is 19.3 Å². The number of nitrogens with two attached hydrogens (primary N) is 1. The molecule has 3 N–H and O–H groups in total. The van der Waals surface area contributed by atoms with E-state index in [4.69, 9.17) is 10.8 Å². The molecule has 0 heterocycles. The van der Waals surface area contributed by atoms with Gasteiger partial charge in [-0.2, -0.15) is 0 Å². The zero-order valence-corrected chi connectivity index (χ0v) is 6.84. The van der Waals surface area contributed by atoms with Crippen LogP contribution in [0.2, 0.25) is 0 Å². The predicted octanol–water partition coefficient (Wildman–Crippen LogP) is 0.836. The summed E-state index contributed by atoms with van der Waals surface area (Å²) in [7, 11) is 0. The SMILES string of the molecule is CC1(CN)CCC(C(=O)O)C1. The summed E-state index contributed by atoms with van der Waals surface area (Å²) in [5.74, 6) is -0.814. The van der Waals surface area contributed by atoms with Gasteiger partial charge in [0.25, 0.3) is 0 Å². The molecule has 3 heteroatoms. The van der Waals surface area contributed by atoms with E-state index in [9.17, 15) is 4.79 Å². The Morgan fingerprint density at radius 1 is 1.82 bits per heavy atom. The van der Waals surface area contributed by atoms with Gasteiger partial charge < -0.3 is 10.8 Å². The molecule has 3 nitrogen and oxygen atoms in total. The second-order valence-corrected chi connectivity index (χ2v) is 3.79. The molecule has 0 aliphatic heterocycles. The van der Waals surface area contributed by atoms with Crippen molar-refractivity contribution < 1.29 is 9.90 Å². The van der Waals surface area contributed by atoms with Crippen molar-refractivity contribution in [2.45, 2.75) is 26.2 Å². The zero-order valence-electron chi connectivity index (χ0n) is 6.84. The summed E-state index contributed by atoms with van der Waals surface area (Å²) in [5.41, 5.74) is 5.62. The fourth-order valence-corrected chi connectivity index (χ4v) is 1.72. The van der Waals surface area contributed by atoms with Crippen LogP contribution < -0.4 is 5.73 Å². The van der Waals surface area contributed by atoms with Crippen LogP contribution in [-0.2, 0) is 4.79 Å². The highest BCUT2D eigenvalue weighted by molar-refractivity contribution is 5.70. The first kappa shape index (κ1) is 8.53. The van der Waals surface area contributed by atoms with Crippen molar-refractivity contribution in [1.29, 1.82) is 0 Å². The highest BCUT2D eigenvalue weighted by Crippen LogP contribution is 2.40. The maximum absolute atomic E-state index is 10.6. The molecule has 0 aromatic heterocycles. The lowest BCUT2D eigenvalue weighted by Crippen LogP contribution is -2.24. The highest BCUT2D eigenvalue weighted by atomic mass is 16.4. The van der Waals surface area contributed by atoms with Gasteiger partial charge in [0.15, 0.2) is 0 Å². The fraction of sp³-hybridized carbons (Fsp3) is 0.875. The van der Waals surface area contributed by atoms with E-state index in [2.05, 4.69) is 6.92 Å². The minimum absolute atomic E-state index is 0.0864. The van der Waals surface area contributed by atoms with Crippen molar-refractivity contribution in [3.8, 4) is 0 Å². The van der Waals surface area contributed by atoms with Gasteiger partial charge in [0, 0.05) is 0 Å². The number of hydrogen-bond donors (Lipinski definition) is 2. The van der Waals surface area contributed by atoms with Crippen molar-refractivity contribution in [3.05, 3.63) is 0 Å². The highest BCUT2D eigenvalue weighted by Gasteiger charge is 2.37. The van der Waals surface area contributed by atoms with Crippen LogP contribution in [0.5, 0.6) is 0 Å². The predicted molar refractivity (Wildman–Crippen MR) is 42.1 cm³/mol. The monoisotopic (exact) mass is 157 g/mol. The Morgan fingerprint density at radius 3 is 2.73 bits per heavy atom. The van der Waals surface area contributed by atoms with Crippen molar-refractivity contribution in [2.75, 3.05) is 6.54 Å². The first-order valence-electron chi connectivity index (χ1n) is 4.00. The molecule has 0 spiro atoms. The summed E-state index contributed by atoms with van der Waals surface area (Å²) in [4.78, 5) is 10.6. The van der Waals surface area contributed by atoms with E-state index >= 15 is 0 Å². The summed E-state index contributed by atoms with van der Waals surface area (Å²) >= 11 is 0. The minimum atomic E-state index is -0.665. The van der Waals surface area contributed by atoms with Crippen molar-refractivity contribution >= 4 is 5.97 Å². The maximum atomic E-state index is 10.6. The first-order valence-corrected chi connectivity index (χ1v) is 4.00. The maximum Gasteiger partial charge on any atom is 0.306 e. The molecule has 11 heavy (non-hydrogen) atoms. The largest absolute Gasteiger partial charge is 0.481 e. The lowest BCUT2D eigenvalue weighted by atomic mass is 9.88. The summed E-state index contributed by atoms with van der Waals surface area (Å²) in [6.45, 7) is 2.67. The van der Waals surface area contributed by atoms with Crippen LogP contribution in [0.4, 0.5) is 0 Å². The molecule has 1 saturated carbocycles. The standard InChI is InChI=1S/C8H15NO2/c1-8(5-9)3-2-6(4-8)7(10)11/h6H,2-5,9H2,1H3,(H,10,11). The Hall–Kier alpha value is -0.570. The average molecular weight is 157 g/mol. The Bertz CT molecular complexity index is 169. The van der Waals surface area contributed by atoms with Gasteiger partial charge in [-0.15, -0.1) is 0 Å². The minimum Gasteiger partial charge on any atom is -0.481 e. The van der Waals surface area contributed by atoms with Crippen LogP contribution in [0.15, 0.2) is 0 Å². The van der Waals surface area contributed by atoms with Gasteiger partial charge in [-0.25, -0.2) is 0 Å². The van der Waals surface area contributed by atoms with Crippen molar-refractivity contribution in [2.24, 2.45) is 17.1 Å². The van der Waals surface area contributed by atoms with Gasteiger partial charge in [0.05, 0.1) is 5.92 Å². The van der Waals surface area contributed by atoms with Gasteiger partial charge in [0.2, 0.25) is 0 Å². The summed E-state index contributed by atoms with van der Waals surface area (Å²) in [5, 5.41) is 8.70. The second-order valence-electron chi connectivity index (χ2n) is 3.79. The topological polar surface area (TPSA) is 63.3 Å². The van der Waals surface area contributed by atoms with Crippen molar-refractivity contribution in [3.63, 3.8) is 0 Å². The number of hydrogen-bond acceptors (Lipinski definition) is 2. The Labute approximate surface area is 66.6 Å². The number of aliphatic carboxylic acids is 1. The molecule has 1 fully saturated rings. The van der Waals surface area contributed by atoms with Crippen LogP contribution >= 0.6 is 0 Å². The molecule has 1 aliphatic carbocycles. The number of rotatable bonds is 2. The molecule has 0 radical (unpaired) electrons. The molecule has 2 atom stereocenters.